The van der Waals surface area contributed by atoms with Crippen LogP contribution in [0, 0.1) is 17.6 Å². The molecule has 2 nitrogen and oxygen atoms in total. The van der Waals surface area contributed by atoms with Crippen LogP contribution in [0.5, 0.6) is 0 Å². The number of ether oxygens (including phenoxy) is 1. The molecule has 0 amide bonds. The fraction of sp³-hybridized carbons (Fsp3) is 0.571. The number of hydrogen-bond acceptors (Lipinski definition) is 2. The molecule has 0 aromatic heterocycles. The number of benzene rings is 1. The number of hydrogen-bond donors (Lipinski definition) is 0. The topological polar surface area (TPSA) is 12.5 Å². The Kier molecular flexibility index (Phi) is 4.66. The van der Waals surface area contributed by atoms with Crippen LogP contribution in [0.4, 0.5) is 8.78 Å². The van der Waals surface area contributed by atoms with Gasteiger partial charge >= 0.3 is 0 Å². The summed E-state index contributed by atoms with van der Waals surface area (Å²) in [7, 11) is 1.70. The molecule has 1 unspecified atom stereocenters. The maximum atomic E-state index is 13.6. The molecule has 0 radical (unpaired) electrons. The van der Waals surface area contributed by atoms with Crippen LogP contribution in [-0.4, -0.2) is 31.7 Å². The highest BCUT2D eigenvalue weighted by Gasteiger charge is 2.20. The van der Waals surface area contributed by atoms with Crippen molar-refractivity contribution in [3.8, 4) is 0 Å². The maximum Gasteiger partial charge on any atom is 0.127 e. The summed E-state index contributed by atoms with van der Waals surface area (Å²) in [6.45, 7) is 3.05. The zero-order valence-corrected chi connectivity index (χ0v) is 10.7. The Bertz CT molecular complexity index is 395. The first kappa shape index (κ1) is 13.4. The van der Waals surface area contributed by atoms with Gasteiger partial charge in [0, 0.05) is 25.8 Å². The van der Waals surface area contributed by atoms with Crippen molar-refractivity contribution in [3.63, 3.8) is 0 Å². The van der Waals surface area contributed by atoms with Gasteiger partial charge in [-0.05, 0) is 43.5 Å². The van der Waals surface area contributed by atoms with Gasteiger partial charge in [0.2, 0.25) is 0 Å². The minimum absolute atomic E-state index is 0.328. The summed E-state index contributed by atoms with van der Waals surface area (Å²) in [6.07, 6.45) is 2.24. The molecule has 1 aromatic carbocycles. The van der Waals surface area contributed by atoms with Crippen molar-refractivity contribution in [1.82, 2.24) is 4.90 Å². The van der Waals surface area contributed by atoms with Crippen LogP contribution in [0.3, 0.4) is 0 Å². The zero-order chi connectivity index (χ0) is 13.0. The number of halogens is 2. The first-order valence-corrected chi connectivity index (χ1v) is 6.34. The molecule has 0 aliphatic carbocycles. The lowest BCUT2D eigenvalue weighted by Gasteiger charge is -2.32. The van der Waals surface area contributed by atoms with Crippen LogP contribution in [0.2, 0.25) is 0 Å². The minimum atomic E-state index is -0.378. The smallest absolute Gasteiger partial charge is 0.127 e. The number of likely N-dealkylation sites (tertiary alicyclic amines) is 1. The number of rotatable bonds is 4. The summed E-state index contributed by atoms with van der Waals surface area (Å²) in [4.78, 5) is 2.17. The van der Waals surface area contributed by atoms with E-state index < -0.39 is 0 Å². The molecule has 1 saturated heterocycles. The average Bonchev–Trinajstić information content (AvgIpc) is 2.35. The Morgan fingerprint density at radius 2 is 2.22 bits per heavy atom. The Balaban J connectivity index is 1.98. The fourth-order valence-corrected chi connectivity index (χ4v) is 2.57. The maximum absolute atomic E-state index is 13.6. The highest BCUT2D eigenvalue weighted by Crippen LogP contribution is 2.20. The Morgan fingerprint density at radius 1 is 1.39 bits per heavy atom. The highest BCUT2D eigenvalue weighted by atomic mass is 19.1. The van der Waals surface area contributed by atoms with E-state index in [1.165, 1.54) is 12.1 Å². The Hall–Kier alpha value is -1.00. The predicted octanol–water partition coefficient (Wildman–Crippen LogP) is 2.82. The molecule has 1 atom stereocenters. The molecule has 18 heavy (non-hydrogen) atoms. The standard InChI is InChI=1S/C14H19F2NO/c1-18-10-11-3-2-6-17(8-11)9-12-7-13(15)4-5-14(12)16/h4-5,7,11H,2-3,6,8-10H2,1H3. The quantitative estimate of drug-likeness (QED) is 0.820. The molecule has 100 valence electrons. The van der Waals surface area contributed by atoms with Gasteiger partial charge in [0.1, 0.15) is 11.6 Å². The highest BCUT2D eigenvalue weighted by molar-refractivity contribution is 5.18. The van der Waals surface area contributed by atoms with Crippen molar-refractivity contribution in [3.05, 3.63) is 35.4 Å². The van der Waals surface area contributed by atoms with Crippen LogP contribution in [0.1, 0.15) is 18.4 Å². The minimum Gasteiger partial charge on any atom is -0.384 e. The van der Waals surface area contributed by atoms with Crippen LogP contribution in [0.25, 0.3) is 0 Å². The molecule has 0 saturated carbocycles. The summed E-state index contributed by atoms with van der Waals surface area (Å²) in [6, 6.07) is 3.64. The largest absolute Gasteiger partial charge is 0.384 e. The molecule has 1 aliphatic heterocycles. The normalized spacial score (nSPS) is 21.2. The SMILES string of the molecule is COCC1CCCN(Cc2cc(F)ccc2F)C1. The van der Waals surface area contributed by atoms with E-state index in [0.717, 1.165) is 38.6 Å². The van der Waals surface area contributed by atoms with Crippen molar-refractivity contribution in [2.75, 3.05) is 26.8 Å². The molecule has 4 heteroatoms. The van der Waals surface area contributed by atoms with E-state index in [1.54, 1.807) is 7.11 Å². The molecule has 1 aliphatic rings. The van der Waals surface area contributed by atoms with Gasteiger partial charge in [-0.3, -0.25) is 4.90 Å². The van der Waals surface area contributed by atoms with E-state index in [1.807, 2.05) is 0 Å². The Morgan fingerprint density at radius 3 is 3.00 bits per heavy atom. The molecule has 1 fully saturated rings. The van der Waals surface area contributed by atoms with Gasteiger partial charge in [0.25, 0.3) is 0 Å². The van der Waals surface area contributed by atoms with E-state index >= 15 is 0 Å². The van der Waals surface area contributed by atoms with E-state index in [2.05, 4.69) is 4.90 Å². The zero-order valence-electron chi connectivity index (χ0n) is 10.7. The molecular weight excluding hydrogens is 236 g/mol. The summed E-state index contributed by atoms with van der Waals surface area (Å²) in [5.74, 6) is -0.206. The van der Waals surface area contributed by atoms with Crippen LogP contribution in [-0.2, 0) is 11.3 Å². The van der Waals surface area contributed by atoms with Crippen LogP contribution >= 0.6 is 0 Å². The van der Waals surface area contributed by atoms with Crippen molar-refractivity contribution in [2.45, 2.75) is 19.4 Å². The van der Waals surface area contributed by atoms with Gasteiger partial charge in [0.15, 0.2) is 0 Å². The van der Waals surface area contributed by atoms with Crippen LogP contribution < -0.4 is 0 Å². The first-order chi connectivity index (χ1) is 8.69. The van der Waals surface area contributed by atoms with E-state index in [9.17, 15) is 8.78 Å². The van der Waals surface area contributed by atoms with Gasteiger partial charge in [-0.2, -0.15) is 0 Å². The summed E-state index contributed by atoms with van der Waals surface area (Å²) in [5, 5.41) is 0. The van der Waals surface area contributed by atoms with E-state index in [-0.39, 0.29) is 11.6 Å². The number of piperidine rings is 1. The molecule has 1 heterocycles. The van der Waals surface area contributed by atoms with Gasteiger partial charge in [0.05, 0.1) is 6.61 Å². The lowest BCUT2D eigenvalue weighted by molar-refractivity contribution is 0.0868. The van der Waals surface area contributed by atoms with Crippen LogP contribution in [0.15, 0.2) is 18.2 Å². The third-order valence-electron chi connectivity index (χ3n) is 3.41. The summed E-state index contributed by atoms with van der Waals surface area (Å²) < 4.78 is 31.8. The second-order valence-corrected chi connectivity index (χ2v) is 4.93. The third-order valence-corrected chi connectivity index (χ3v) is 3.41. The predicted molar refractivity (Wildman–Crippen MR) is 66.2 cm³/mol. The first-order valence-electron chi connectivity index (χ1n) is 6.34. The second kappa shape index (κ2) is 6.25. The lowest BCUT2D eigenvalue weighted by Crippen LogP contribution is -2.36. The van der Waals surface area contributed by atoms with Gasteiger partial charge in [-0.15, -0.1) is 0 Å². The van der Waals surface area contributed by atoms with Gasteiger partial charge in [-0.1, -0.05) is 0 Å². The van der Waals surface area contributed by atoms with Crippen molar-refractivity contribution in [1.29, 1.82) is 0 Å². The molecule has 2 rings (SSSR count). The number of nitrogens with zero attached hydrogens (tertiary/aromatic N) is 1. The fourth-order valence-electron chi connectivity index (χ4n) is 2.57. The van der Waals surface area contributed by atoms with E-state index in [4.69, 9.17) is 4.74 Å². The Labute approximate surface area is 107 Å². The second-order valence-electron chi connectivity index (χ2n) is 4.93. The van der Waals surface area contributed by atoms with Crippen molar-refractivity contribution >= 4 is 0 Å². The third kappa shape index (κ3) is 3.50. The van der Waals surface area contributed by atoms with Crippen molar-refractivity contribution < 1.29 is 13.5 Å². The van der Waals surface area contributed by atoms with Gasteiger partial charge < -0.3 is 4.74 Å². The number of methoxy groups -OCH3 is 1. The summed E-state index contributed by atoms with van der Waals surface area (Å²) in [5.41, 5.74) is 0.438. The average molecular weight is 255 g/mol. The van der Waals surface area contributed by atoms with E-state index in [0.29, 0.717) is 18.0 Å². The lowest BCUT2D eigenvalue weighted by atomic mass is 9.98. The monoisotopic (exact) mass is 255 g/mol. The van der Waals surface area contributed by atoms with Crippen molar-refractivity contribution in [2.24, 2.45) is 5.92 Å². The molecule has 0 bridgehead atoms. The summed E-state index contributed by atoms with van der Waals surface area (Å²) >= 11 is 0. The molecule has 1 aromatic rings. The van der Waals surface area contributed by atoms with Gasteiger partial charge in [-0.25, -0.2) is 8.78 Å². The molecular formula is C14H19F2NO. The molecule has 0 N–H and O–H groups in total. The molecule has 0 spiro atoms.